The maximum atomic E-state index is 5.48. The molecule has 0 unspecified atom stereocenters. The van der Waals surface area contributed by atoms with Crippen molar-refractivity contribution in [3.63, 3.8) is 0 Å². The predicted molar refractivity (Wildman–Crippen MR) is 96.0 cm³/mol. The Labute approximate surface area is 139 Å². The largest absolute Gasteiger partial charge is 0.493 e. The molecule has 0 amide bonds. The van der Waals surface area contributed by atoms with Crippen LogP contribution in [0.4, 0.5) is 0 Å². The van der Waals surface area contributed by atoms with Gasteiger partial charge in [-0.25, -0.2) is 0 Å². The lowest BCUT2D eigenvalue weighted by molar-refractivity contribution is 0.354. The van der Waals surface area contributed by atoms with E-state index in [-0.39, 0.29) is 0 Å². The molecule has 1 aromatic rings. The Morgan fingerprint density at radius 1 is 1.09 bits per heavy atom. The summed E-state index contributed by atoms with van der Waals surface area (Å²) in [4.78, 5) is 2.24. The molecule has 4 nitrogen and oxygen atoms in total. The number of hydrogen-bond donors (Lipinski definition) is 1. The molecular weight excluding hydrogens is 296 g/mol. The van der Waals surface area contributed by atoms with Crippen LogP contribution >= 0.6 is 12.2 Å². The topological polar surface area (TPSA) is 33.7 Å². The van der Waals surface area contributed by atoms with E-state index >= 15 is 0 Å². The van der Waals surface area contributed by atoms with Crippen molar-refractivity contribution >= 4 is 17.3 Å². The van der Waals surface area contributed by atoms with Gasteiger partial charge in [0.05, 0.1) is 14.2 Å². The number of hydrogen-bond acceptors (Lipinski definition) is 3. The molecule has 0 aliphatic carbocycles. The van der Waals surface area contributed by atoms with Gasteiger partial charge in [-0.05, 0) is 49.2 Å². The van der Waals surface area contributed by atoms with Crippen LogP contribution in [0.2, 0.25) is 0 Å². The van der Waals surface area contributed by atoms with Crippen LogP contribution in [0, 0.1) is 0 Å². The summed E-state index contributed by atoms with van der Waals surface area (Å²) in [5.41, 5.74) is 1.20. The van der Waals surface area contributed by atoms with Gasteiger partial charge in [-0.2, -0.15) is 0 Å². The van der Waals surface area contributed by atoms with Gasteiger partial charge in [0.25, 0.3) is 0 Å². The summed E-state index contributed by atoms with van der Waals surface area (Å²) >= 11 is 5.48. The SMILES string of the molecule is CCCN(CCC)C(=S)NCCc1ccc(OC)c(OC)c1. The highest BCUT2D eigenvalue weighted by Crippen LogP contribution is 2.27. The lowest BCUT2D eigenvalue weighted by Crippen LogP contribution is -2.41. The van der Waals surface area contributed by atoms with Crippen molar-refractivity contribution in [1.82, 2.24) is 10.2 Å². The quantitative estimate of drug-likeness (QED) is 0.705. The second kappa shape index (κ2) is 10.3. The number of rotatable bonds is 9. The average molecular weight is 324 g/mol. The molecule has 1 N–H and O–H groups in total. The summed E-state index contributed by atoms with van der Waals surface area (Å²) in [6.45, 7) is 7.19. The van der Waals surface area contributed by atoms with E-state index < -0.39 is 0 Å². The van der Waals surface area contributed by atoms with Crippen molar-refractivity contribution in [3.8, 4) is 11.5 Å². The summed E-state index contributed by atoms with van der Waals surface area (Å²) < 4.78 is 10.6. The van der Waals surface area contributed by atoms with Crippen LogP contribution in [0.5, 0.6) is 11.5 Å². The molecule has 0 atom stereocenters. The zero-order chi connectivity index (χ0) is 16.4. The third kappa shape index (κ3) is 5.72. The van der Waals surface area contributed by atoms with Gasteiger partial charge in [-0.15, -0.1) is 0 Å². The van der Waals surface area contributed by atoms with Gasteiger partial charge in [-0.3, -0.25) is 0 Å². The van der Waals surface area contributed by atoms with Crippen LogP contribution in [0.15, 0.2) is 18.2 Å². The minimum Gasteiger partial charge on any atom is -0.493 e. The van der Waals surface area contributed by atoms with E-state index in [1.165, 1.54) is 5.56 Å². The number of benzene rings is 1. The highest BCUT2D eigenvalue weighted by atomic mass is 32.1. The second-order valence-corrected chi connectivity index (χ2v) is 5.55. The van der Waals surface area contributed by atoms with Crippen molar-refractivity contribution in [3.05, 3.63) is 23.8 Å². The fourth-order valence-corrected chi connectivity index (χ4v) is 2.60. The number of nitrogens with one attached hydrogen (secondary N) is 1. The Bertz CT molecular complexity index is 460. The van der Waals surface area contributed by atoms with Crippen molar-refractivity contribution in [2.75, 3.05) is 33.9 Å². The average Bonchev–Trinajstić information content (AvgIpc) is 2.54. The van der Waals surface area contributed by atoms with Crippen LogP contribution in [-0.2, 0) is 6.42 Å². The van der Waals surface area contributed by atoms with Gasteiger partial charge in [0, 0.05) is 19.6 Å². The number of thiocarbonyl (C=S) groups is 1. The summed E-state index contributed by atoms with van der Waals surface area (Å²) in [6, 6.07) is 6.01. The van der Waals surface area contributed by atoms with E-state index in [0.29, 0.717) is 0 Å². The summed E-state index contributed by atoms with van der Waals surface area (Å²) in [7, 11) is 3.30. The first kappa shape index (κ1) is 18.6. The van der Waals surface area contributed by atoms with E-state index in [4.69, 9.17) is 21.7 Å². The lowest BCUT2D eigenvalue weighted by Gasteiger charge is -2.25. The number of nitrogens with zero attached hydrogens (tertiary/aromatic N) is 1. The van der Waals surface area contributed by atoms with E-state index in [1.54, 1.807) is 14.2 Å². The first-order valence-corrected chi connectivity index (χ1v) is 8.30. The van der Waals surface area contributed by atoms with Crippen LogP contribution in [-0.4, -0.2) is 43.9 Å². The third-order valence-corrected chi connectivity index (χ3v) is 3.81. The standard InChI is InChI=1S/C17H28N2O2S/c1-5-11-19(12-6-2)17(22)18-10-9-14-7-8-15(20-3)16(13-14)21-4/h7-8,13H,5-6,9-12H2,1-4H3,(H,18,22). The fourth-order valence-electron chi connectivity index (χ4n) is 2.32. The molecule has 0 aliphatic heterocycles. The molecule has 0 saturated heterocycles. The molecule has 5 heteroatoms. The van der Waals surface area contributed by atoms with E-state index in [1.807, 2.05) is 12.1 Å². The first-order valence-electron chi connectivity index (χ1n) is 7.89. The molecule has 1 aromatic carbocycles. The molecule has 1 rings (SSSR count). The maximum absolute atomic E-state index is 5.48. The smallest absolute Gasteiger partial charge is 0.168 e. The van der Waals surface area contributed by atoms with Gasteiger partial charge >= 0.3 is 0 Å². The minimum absolute atomic E-state index is 0.756. The fraction of sp³-hybridized carbons (Fsp3) is 0.588. The van der Waals surface area contributed by atoms with E-state index in [0.717, 1.165) is 55.5 Å². The van der Waals surface area contributed by atoms with Gasteiger partial charge < -0.3 is 19.7 Å². The van der Waals surface area contributed by atoms with Gasteiger partial charge in [-0.1, -0.05) is 19.9 Å². The molecule has 0 aromatic heterocycles. The van der Waals surface area contributed by atoms with Crippen molar-refractivity contribution in [2.24, 2.45) is 0 Å². The molecule has 0 radical (unpaired) electrons. The summed E-state index contributed by atoms with van der Waals surface area (Å²) in [5.74, 6) is 1.52. The van der Waals surface area contributed by atoms with Crippen LogP contribution in [0.3, 0.4) is 0 Å². The zero-order valence-corrected chi connectivity index (χ0v) is 15.0. The lowest BCUT2D eigenvalue weighted by atomic mass is 10.1. The van der Waals surface area contributed by atoms with Crippen LogP contribution in [0.25, 0.3) is 0 Å². The molecule has 22 heavy (non-hydrogen) atoms. The molecule has 0 fully saturated rings. The second-order valence-electron chi connectivity index (χ2n) is 5.16. The normalized spacial score (nSPS) is 10.2. The maximum Gasteiger partial charge on any atom is 0.168 e. The first-order chi connectivity index (χ1) is 10.7. The minimum atomic E-state index is 0.756. The number of ether oxygens (including phenoxy) is 2. The Kier molecular flexibility index (Phi) is 8.67. The molecule has 0 aliphatic rings. The third-order valence-electron chi connectivity index (χ3n) is 3.41. The molecule has 0 saturated carbocycles. The van der Waals surface area contributed by atoms with E-state index in [9.17, 15) is 0 Å². The van der Waals surface area contributed by atoms with Crippen molar-refractivity contribution in [2.45, 2.75) is 33.1 Å². The van der Waals surface area contributed by atoms with E-state index in [2.05, 4.69) is 30.1 Å². The summed E-state index contributed by atoms with van der Waals surface area (Å²) in [6.07, 6.45) is 3.11. The predicted octanol–water partition coefficient (Wildman–Crippen LogP) is 3.24. The highest BCUT2D eigenvalue weighted by Gasteiger charge is 2.08. The van der Waals surface area contributed by atoms with Gasteiger partial charge in [0.2, 0.25) is 0 Å². The molecule has 124 valence electrons. The van der Waals surface area contributed by atoms with Gasteiger partial charge in [0.1, 0.15) is 0 Å². The van der Waals surface area contributed by atoms with Crippen LogP contribution < -0.4 is 14.8 Å². The molecule has 0 spiro atoms. The Hall–Kier alpha value is -1.49. The Morgan fingerprint density at radius 3 is 2.27 bits per heavy atom. The molecule has 0 bridgehead atoms. The zero-order valence-electron chi connectivity index (χ0n) is 14.1. The molecule has 0 heterocycles. The highest BCUT2D eigenvalue weighted by molar-refractivity contribution is 7.80. The van der Waals surface area contributed by atoms with Crippen LogP contribution in [0.1, 0.15) is 32.3 Å². The number of methoxy groups -OCH3 is 2. The van der Waals surface area contributed by atoms with Crippen molar-refractivity contribution < 1.29 is 9.47 Å². The van der Waals surface area contributed by atoms with Gasteiger partial charge in [0.15, 0.2) is 16.6 Å². The monoisotopic (exact) mass is 324 g/mol. The molecular formula is C17H28N2O2S. The Balaban J connectivity index is 2.50. The summed E-state index contributed by atoms with van der Waals surface area (Å²) in [5, 5.41) is 4.20. The van der Waals surface area contributed by atoms with Crippen molar-refractivity contribution in [1.29, 1.82) is 0 Å². The Morgan fingerprint density at radius 2 is 1.73 bits per heavy atom.